The van der Waals surface area contributed by atoms with Gasteiger partial charge in [0.15, 0.2) is 10.9 Å². The van der Waals surface area contributed by atoms with Crippen LogP contribution in [0.2, 0.25) is 0 Å². The predicted octanol–water partition coefficient (Wildman–Crippen LogP) is 3.98. The lowest BCUT2D eigenvalue weighted by molar-refractivity contribution is -0.121. The molecule has 0 aliphatic carbocycles. The Morgan fingerprint density at radius 3 is 2.55 bits per heavy atom. The molecular formula is C22H32N4O2S. The van der Waals surface area contributed by atoms with Crippen molar-refractivity contribution < 1.29 is 9.59 Å². The molecule has 1 aromatic heterocycles. The maximum Gasteiger partial charge on any atom is 0.220 e. The number of carbonyl (C=O) groups excluding carboxylic acids is 2. The summed E-state index contributed by atoms with van der Waals surface area (Å²) in [5, 5.41) is 12.4. The van der Waals surface area contributed by atoms with Gasteiger partial charge in [-0.25, -0.2) is 0 Å². The number of rotatable bonds is 11. The minimum Gasteiger partial charge on any atom is -0.356 e. The fourth-order valence-electron chi connectivity index (χ4n) is 3.05. The quantitative estimate of drug-likeness (QED) is 0.341. The first kappa shape index (κ1) is 23.1. The number of aromatic nitrogens is 3. The summed E-state index contributed by atoms with van der Waals surface area (Å²) in [6.45, 7) is 9.82. The van der Waals surface area contributed by atoms with Crippen LogP contribution in [-0.4, -0.2) is 39.3 Å². The molecule has 1 heterocycles. The van der Waals surface area contributed by atoms with Crippen molar-refractivity contribution in [3.05, 3.63) is 40.7 Å². The number of thioether (sulfide) groups is 1. The Morgan fingerprint density at radius 1 is 1.14 bits per heavy atom. The van der Waals surface area contributed by atoms with Crippen LogP contribution in [0.5, 0.6) is 0 Å². The third-order valence-corrected chi connectivity index (χ3v) is 5.50. The van der Waals surface area contributed by atoms with Gasteiger partial charge in [0.25, 0.3) is 0 Å². The van der Waals surface area contributed by atoms with Gasteiger partial charge in [0.2, 0.25) is 5.91 Å². The minimum absolute atomic E-state index is 0.00892. The average Bonchev–Trinajstić information content (AvgIpc) is 3.06. The molecule has 0 atom stereocenters. The first-order valence-corrected chi connectivity index (χ1v) is 11.4. The van der Waals surface area contributed by atoms with Gasteiger partial charge in [-0.3, -0.25) is 9.59 Å². The van der Waals surface area contributed by atoms with E-state index in [0.29, 0.717) is 18.0 Å². The largest absolute Gasteiger partial charge is 0.356 e. The zero-order valence-corrected chi connectivity index (χ0v) is 18.9. The summed E-state index contributed by atoms with van der Waals surface area (Å²) >= 11 is 1.60. The normalized spacial score (nSPS) is 11.1. The molecule has 0 aliphatic rings. The summed E-state index contributed by atoms with van der Waals surface area (Å²) < 4.78 is 2.17. The summed E-state index contributed by atoms with van der Waals surface area (Å²) in [6.07, 6.45) is 4.01. The van der Waals surface area contributed by atoms with Crippen LogP contribution in [0.1, 0.15) is 60.4 Å². The molecule has 1 amide bonds. The van der Waals surface area contributed by atoms with Gasteiger partial charge in [-0.15, -0.1) is 10.2 Å². The van der Waals surface area contributed by atoms with Crippen molar-refractivity contribution in [1.29, 1.82) is 0 Å². The highest BCUT2D eigenvalue weighted by atomic mass is 32.2. The molecule has 0 fully saturated rings. The first-order chi connectivity index (χ1) is 13.8. The summed E-state index contributed by atoms with van der Waals surface area (Å²) in [5.41, 5.74) is 2.93. The maximum absolute atomic E-state index is 12.3. The molecule has 158 valence electrons. The number of nitrogens with zero attached hydrogens (tertiary/aromatic N) is 3. The second-order valence-electron chi connectivity index (χ2n) is 7.78. The topological polar surface area (TPSA) is 76.9 Å². The van der Waals surface area contributed by atoms with Gasteiger partial charge in [0.1, 0.15) is 5.82 Å². The lowest BCUT2D eigenvalue weighted by Crippen LogP contribution is -2.25. The molecule has 0 saturated carbocycles. The molecule has 0 spiro atoms. The van der Waals surface area contributed by atoms with Gasteiger partial charge in [0, 0.05) is 37.9 Å². The van der Waals surface area contributed by atoms with Gasteiger partial charge in [-0.05, 0) is 49.6 Å². The van der Waals surface area contributed by atoms with Crippen LogP contribution in [0.25, 0.3) is 0 Å². The Bertz CT molecular complexity index is 845. The van der Waals surface area contributed by atoms with E-state index in [1.54, 1.807) is 11.8 Å². The van der Waals surface area contributed by atoms with Crippen LogP contribution >= 0.6 is 11.8 Å². The van der Waals surface area contributed by atoms with E-state index < -0.39 is 0 Å². The third kappa shape index (κ3) is 6.99. The van der Waals surface area contributed by atoms with Crippen molar-refractivity contribution in [3.8, 4) is 0 Å². The van der Waals surface area contributed by atoms with E-state index >= 15 is 0 Å². The van der Waals surface area contributed by atoms with Gasteiger partial charge in [-0.1, -0.05) is 37.7 Å². The third-order valence-electron chi connectivity index (χ3n) is 4.83. The summed E-state index contributed by atoms with van der Waals surface area (Å²) in [6, 6.07) is 5.67. The molecule has 0 aliphatic heterocycles. The van der Waals surface area contributed by atoms with Gasteiger partial charge >= 0.3 is 0 Å². The maximum atomic E-state index is 12.3. The van der Waals surface area contributed by atoms with Crippen molar-refractivity contribution in [1.82, 2.24) is 20.1 Å². The van der Waals surface area contributed by atoms with Crippen LogP contribution in [0, 0.1) is 19.8 Å². The number of hydrogen-bond donors (Lipinski definition) is 1. The number of amides is 1. The number of Topliss-reactive ketones (excluding diaryl/α,β-unsaturated/α-hetero) is 1. The summed E-state index contributed by atoms with van der Waals surface area (Å²) in [7, 11) is 0. The van der Waals surface area contributed by atoms with Crippen LogP contribution in [0.4, 0.5) is 0 Å². The first-order valence-electron chi connectivity index (χ1n) is 10.1. The monoisotopic (exact) mass is 416 g/mol. The number of benzene rings is 1. The molecule has 0 saturated heterocycles. The molecule has 6 nitrogen and oxygen atoms in total. The Morgan fingerprint density at radius 2 is 1.90 bits per heavy atom. The zero-order valence-electron chi connectivity index (χ0n) is 18.1. The SMILES string of the molecule is CSc1nnc(CCCNC(=O)CCC(=O)c2ccc(C)c(C)c2)n1CC(C)C. The number of aryl methyl sites for hydroxylation is 3. The highest BCUT2D eigenvalue weighted by Crippen LogP contribution is 2.17. The van der Waals surface area contributed by atoms with Gasteiger partial charge < -0.3 is 9.88 Å². The van der Waals surface area contributed by atoms with Crippen LogP contribution in [0.15, 0.2) is 23.4 Å². The van der Waals surface area contributed by atoms with Crippen molar-refractivity contribution in [2.45, 2.75) is 65.1 Å². The molecule has 0 radical (unpaired) electrons. The average molecular weight is 417 g/mol. The highest BCUT2D eigenvalue weighted by molar-refractivity contribution is 7.98. The van der Waals surface area contributed by atoms with Crippen molar-refractivity contribution in [2.75, 3.05) is 12.8 Å². The number of nitrogens with one attached hydrogen (secondary N) is 1. The Balaban J connectivity index is 1.74. The predicted molar refractivity (Wildman–Crippen MR) is 117 cm³/mol. The van der Waals surface area contributed by atoms with Crippen LogP contribution in [0.3, 0.4) is 0 Å². The second kappa shape index (κ2) is 11.1. The molecule has 2 rings (SSSR count). The number of hydrogen-bond acceptors (Lipinski definition) is 5. The fourth-order valence-corrected chi connectivity index (χ4v) is 3.58. The Hall–Kier alpha value is -2.15. The van der Waals surface area contributed by atoms with E-state index in [0.717, 1.165) is 41.5 Å². The lowest BCUT2D eigenvalue weighted by Gasteiger charge is -2.11. The smallest absolute Gasteiger partial charge is 0.220 e. The number of carbonyl (C=O) groups is 2. The van der Waals surface area contributed by atoms with E-state index in [4.69, 9.17) is 0 Å². The number of ketones is 1. The van der Waals surface area contributed by atoms with Gasteiger partial charge in [-0.2, -0.15) is 0 Å². The molecule has 1 aromatic carbocycles. The van der Waals surface area contributed by atoms with E-state index in [-0.39, 0.29) is 24.5 Å². The highest BCUT2D eigenvalue weighted by Gasteiger charge is 2.13. The van der Waals surface area contributed by atoms with E-state index in [2.05, 4.69) is 33.9 Å². The zero-order chi connectivity index (χ0) is 21.4. The molecule has 29 heavy (non-hydrogen) atoms. The lowest BCUT2D eigenvalue weighted by atomic mass is 10.0. The van der Waals surface area contributed by atoms with E-state index in [1.165, 1.54) is 0 Å². The van der Waals surface area contributed by atoms with Gasteiger partial charge in [0.05, 0.1) is 0 Å². The van der Waals surface area contributed by atoms with E-state index in [9.17, 15) is 9.59 Å². The van der Waals surface area contributed by atoms with E-state index in [1.807, 2.05) is 38.3 Å². The van der Waals surface area contributed by atoms with Crippen molar-refractivity contribution in [2.24, 2.45) is 5.92 Å². The summed E-state index contributed by atoms with van der Waals surface area (Å²) in [5.74, 6) is 1.40. The van der Waals surface area contributed by atoms with Crippen LogP contribution < -0.4 is 5.32 Å². The molecule has 7 heteroatoms. The van der Waals surface area contributed by atoms with Crippen molar-refractivity contribution >= 4 is 23.5 Å². The Kier molecular flexibility index (Phi) is 8.89. The standard InChI is InChI=1S/C22H32N4O2S/c1-15(2)14-26-20(24-25-22(26)29-5)7-6-12-23-21(28)11-10-19(27)18-9-8-16(3)17(4)13-18/h8-9,13,15H,6-7,10-12,14H2,1-5H3,(H,23,28). The molecule has 2 aromatic rings. The fraction of sp³-hybridized carbons (Fsp3) is 0.545. The minimum atomic E-state index is -0.0874. The molecule has 0 unspecified atom stereocenters. The molecular weight excluding hydrogens is 384 g/mol. The molecule has 0 bridgehead atoms. The Labute approximate surface area is 177 Å². The van der Waals surface area contributed by atoms with Crippen LogP contribution in [-0.2, 0) is 17.8 Å². The summed E-state index contributed by atoms with van der Waals surface area (Å²) in [4.78, 5) is 24.4. The second-order valence-corrected chi connectivity index (χ2v) is 8.56. The van der Waals surface area contributed by atoms with Crippen molar-refractivity contribution in [3.63, 3.8) is 0 Å². The molecule has 1 N–H and O–H groups in total.